The van der Waals surface area contributed by atoms with Gasteiger partial charge in [-0.05, 0) is 11.5 Å². The minimum Gasteiger partial charge on any atom is -0.373 e. The number of hydrogen-bond donors (Lipinski definition) is 1. The van der Waals surface area contributed by atoms with Crippen LogP contribution in [0.3, 0.4) is 0 Å². The first kappa shape index (κ1) is 11.4. The number of hydrogen-bond acceptors (Lipinski definition) is 4. The third kappa shape index (κ3) is 2.05. The van der Waals surface area contributed by atoms with Crippen LogP contribution in [0, 0.1) is 0 Å². The maximum absolute atomic E-state index is 5.68. The van der Waals surface area contributed by atoms with Crippen LogP contribution in [0.25, 0.3) is 10.8 Å². The van der Waals surface area contributed by atoms with Crippen LogP contribution in [-0.4, -0.2) is 37.3 Å². The summed E-state index contributed by atoms with van der Waals surface area (Å²) in [5.74, 6) is 1.04. The average molecular weight is 243 g/mol. The summed E-state index contributed by atoms with van der Waals surface area (Å²) in [5, 5.41) is 2.41. The number of ether oxygens (including phenoxy) is 1. The Balaban J connectivity index is 1.98. The van der Waals surface area contributed by atoms with Crippen LogP contribution >= 0.6 is 0 Å². The Morgan fingerprint density at radius 2 is 2.22 bits per heavy atom. The van der Waals surface area contributed by atoms with E-state index in [1.54, 1.807) is 0 Å². The lowest BCUT2D eigenvalue weighted by atomic mass is 10.1. The second kappa shape index (κ2) is 4.92. The van der Waals surface area contributed by atoms with Crippen molar-refractivity contribution in [1.82, 2.24) is 4.98 Å². The zero-order valence-electron chi connectivity index (χ0n) is 10.2. The Hall–Kier alpha value is -1.65. The van der Waals surface area contributed by atoms with E-state index < -0.39 is 0 Å². The van der Waals surface area contributed by atoms with E-state index in [2.05, 4.69) is 22.0 Å². The van der Waals surface area contributed by atoms with Gasteiger partial charge in [-0.2, -0.15) is 0 Å². The summed E-state index contributed by atoms with van der Waals surface area (Å²) in [6.45, 7) is 2.96. The van der Waals surface area contributed by atoms with Crippen molar-refractivity contribution >= 4 is 16.6 Å². The van der Waals surface area contributed by atoms with Gasteiger partial charge in [0, 0.05) is 31.2 Å². The molecule has 0 bridgehead atoms. The molecule has 3 rings (SSSR count). The molecule has 2 N–H and O–H groups in total. The van der Waals surface area contributed by atoms with Crippen molar-refractivity contribution in [3.05, 3.63) is 36.5 Å². The topological polar surface area (TPSA) is 51.4 Å². The van der Waals surface area contributed by atoms with Gasteiger partial charge in [-0.1, -0.05) is 24.3 Å². The van der Waals surface area contributed by atoms with Crippen molar-refractivity contribution in [2.75, 3.05) is 31.1 Å². The van der Waals surface area contributed by atoms with Gasteiger partial charge in [-0.3, -0.25) is 0 Å². The van der Waals surface area contributed by atoms with Gasteiger partial charge in [-0.15, -0.1) is 0 Å². The number of anilines is 1. The van der Waals surface area contributed by atoms with Crippen molar-refractivity contribution in [3.8, 4) is 0 Å². The average Bonchev–Trinajstić information content (AvgIpc) is 2.47. The molecule has 18 heavy (non-hydrogen) atoms. The van der Waals surface area contributed by atoms with Gasteiger partial charge in [0.25, 0.3) is 0 Å². The highest BCUT2D eigenvalue weighted by Crippen LogP contribution is 2.25. The smallest absolute Gasteiger partial charge is 0.136 e. The summed E-state index contributed by atoms with van der Waals surface area (Å²) in [5.41, 5.74) is 5.68. The van der Waals surface area contributed by atoms with Crippen molar-refractivity contribution < 1.29 is 4.74 Å². The zero-order valence-corrected chi connectivity index (χ0v) is 10.2. The van der Waals surface area contributed by atoms with Crippen LogP contribution in [0.2, 0.25) is 0 Å². The number of rotatable bonds is 2. The van der Waals surface area contributed by atoms with E-state index in [0.717, 1.165) is 18.9 Å². The predicted molar refractivity (Wildman–Crippen MR) is 72.8 cm³/mol. The van der Waals surface area contributed by atoms with Gasteiger partial charge >= 0.3 is 0 Å². The molecular formula is C14H17N3O. The minimum absolute atomic E-state index is 0.111. The summed E-state index contributed by atoms with van der Waals surface area (Å²) in [4.78, 5) is 6.80. The van der Waals surface area contributed by atoms with E-state index in [4.69, 9.17) is 10.5 Å². The summed E-state index contributed by atoms with van der Waals surface area (Å²) >= 11 is 0. The van der Waals surface area contributed by atoms with Crippen LogP contribution in [0.5, 0.6) is 0 Å². The first-order valence-electron chi connectivity index (χ1n) is 6.29. The number of morpholine rings is 1. The largest absolute Gasteiger partial charge is 0.373 e. The summed E-state index contributed by atoms with van der Waals surface area (Å²) in [6, 6.07) is 10.4. The van der Waals surface area contributed by atoms with Crippen molar-refractivity contribution in [1.29, 1.82) is 0 Å². The number of nitrogens with zero attached hydrogens (tertiary/aromatic N) is 2. The Morgan fingerprint density at radius 3 is 3.11 bits per heavy atom. The number of aromatic nitrogens is 1. The number of pyridine rings is 1. The Labute approximate surface area is 106 Å². The monoisotopic (exact) mass is 243 g/mol. The van der Waals surface area contributed by atoms with Crippen molar-refractivity contribution in [2.24, 2.45) is 5.73 Å². The SMILES string of the molecule is NCC1CN(c2nccc3ccccc23)CCO1. The molecule has 0 spiro atoms. The first-order chi connectivity index (χ1) is 8.88. The Bertz CT molecular complexity index is 538. The van der Waals surface area contributed by atoms with E-state index in [9.17, 15) is 0 Å². The highest BCUT2D eigenvalue weighted by atomic mass is 16.5. The van der Waals surface area contributed by atoms with Gasteiger partial charge in [0.2, 0.25) is 0 Å². The minimum atomic E-state index is 0.111. The van der Waals surface area contributed by atoms with Gasteiger partial charge in [0.05, 0.1) is 12.7 Å². The molecule has 2 heterocycles. The van der Waals surface area contributed by atoms with E-state index in [-0.39, 0.29) is 6.10 Å². The van der Waals surface area contributed by atoms with Crippen LogP contribution in [0.15, 0.2) is 36.5 Å². The molecule has 1 aliphatic heterocycles. The molecule has 1 saturated heterocycles. The molecule has 0 radical (unpaired) electrons. The molecule has 4 nitrogen and oxygen atoms in total. The van der Waals surface area contributed by atoms with E-state index in [1.165, 1.54) is 10.8 Å². The number of fused-ring (bicyclic) bond motifs is 1. The maximum Gasteiger partial charge on any atom is 0.136 e. The molecule has 1 unspecified atom stereocenters. The van der Waals surface area contributed by atoms with Crippen molar-refractivity contribution in [2.45, 2.75) is 6.10 Å². The summed E-state index contributed by atoms with van der Waals surface area (Å²) < 4.78 is 5.60. The molecule has 0 aliphatic carbocycles. The molecular weight excluding hydrogens is 226 g/mol. The molecule has 1 aromatic heterocycles. The second-order valence-corrected chi connectivity index (χ2v) is 4.53. The Kier molecular flexibility index (Phi) is 3.13. The zero-order chi connectivity index (χ0) is 12.4. The molecule has 4 heteroatoms. The normalized spacial score (nSPS) is 20.3. The number of benzene rings is 1. The van der Waals surface area contributed by atoms with Crippen LogP contribution in [0.4, 0.5) is 5.82 Å². The number of nitrogens with two attached hydrogens (primary N) is 1. The lowest BCUT2D eigenvalue weighted by Crippen LogP contribution is -2.46. The highest BCUT2D eigenvalue weighted by Gasteiger charge is 2.21. The molecule has 1 aliphatic rings. The van der Waals surface area contributed by atoms with E-state index >= 15 is 0 Å². The first-order valence-corrected chi connectivity index (χ1v) is 6.29. The molecule has 1 aromatic carbocycles. The van der Waals surface area contributed by atoms with Crippen LogP contribution in [-0.2, 0) is 4.74 Å². The highest BCUT2D eigenvalue weighted by molar-refractivity contribution is 5.92. The van der Waals surface area contributed by atoms with Crippen molar-refractivity contribution in [3.63, 3.8) is 0 Å². The van der Waals surface area contributed by atoms with Crippen LogP contribution in [0.1, 0.15) is 0 Å². The van der Waals surface area contributed by atoms with Gasteiger partial charge in [0.1, 0.15) is 5.82 Å². The molecule has 2 aromatic rings. The van der Waals surface area contributed by atoms with E-state index in [0.29, 0.717) is 13.2 Å². The van der Waals surface area contributed by atoms with Gasteiger partial charge < -0.3 is 15.4 Å². The summed E-state index contributed by atoms with van der Waals surface area (Å²) in [6.07, 6.45) is 1.98. The molecule has 1 atom stereocenters. The predicted octanol–water partition coefficient (Wildman–Crippen LogP) is 1.40. The lowest BCUT2D eigenvalue weighted by molar-refractivity contribution is 0.0464. The Morgan fingerprint density at radius 1 is 1.33 bits per heavy atom. The summed E-state index contributed by atoms with van der Waals surface area (Å²) in [7, 11) is 0. The van der Waals surface area contributed by atoms with Gasteiger partial charge in [-0.25, -0.2) is 4.98 Å². The standard InChI is InChI=1S/C14H17N3O/c15-9-12-10-17(7-8-18-12)14-13-4-2-1-3-11(13)5-6-16-14/h1-6,12H,7-10,15H2. The quantitative estimate of drug-likeness (QED) is 0.866. The van der Waals surface area contributed by atoms with Crippen LogP contribution < -0.4 is 10.6 Å². The third-order valence-electron chi connectivity index (χ3n) is 3.35. The molecule has 0 saturated carbocycles. The molecule has 1 fully saturated rings. The lowest BCUT2D eigenvalue weighted by Gasteiger charge is -2.33. The fourth-order valence-corrected chi connectivity index (χ4v) is 2.41. The van der Waals surface area contributed by atoms with Gasteiger partial charge in [0.15, 0.2) is 0 Å². The molecule has 94 valence electrons. The maximum atomic E-state index is 5.68. The fourth-order valence-electron chi connectivity index (χ4n) is 2.41. The second-order valence-electron chi connectivity index (χ2n) is 4.53. The fraction of sp³-hybridized carbons (Fsp3) is 0.357. The van der Waals surface area contributed by atoms with E-state index in [1.807, 2.05) is 24.4 Å². The molecule has 0 amide bonds. The third-order valence-corrected chi connectivity index (χ3v) is 3.35.